The second-order valence-electron chi connectivity index (χ2n) is 5.41. The second-order valence-corrected chi connectivity index (χ2v) is 7.18. The Bertz CT molecular complexity index is 866. The number of esters is 1. The predicted molar refractivity (Wildman–Crippen MR) is 106 cm³/mol. The number of benzene rings is 2. The van der Waals surface area contributed by atoms with E-state index < -0.39 is 5.97 Å². The zero-order valence-electron chi connectivity index (χ0n) is 13.2. The average molecular weight is 471 g/mol. The van der Waals surface area contributed by atoms with Crippen molar-refractivity contribution in [2.45, 2.75) is 13.2 Å². The highest BCUT2D eigenvalue weighted by Gasteiger charge is 2.10. The summed E-state index contributed by atoms with van der Waals surface area (Å²) >= 11 is 2.19. The van der Waals surface area contributed by atoms with Crippen LogP contribution in [-0.4, -0.2) is 17.1 Å². The number of fused-ring (bicyclic) bond motifs is 1. The van der Waals surface area contributed by atoms with Crippen LogP contribution in [0.3, 0.4) is 0 Å². The van der Waals surface area contributed by atoms with Gasteiger partial charge in [-0.1, -0.05) is 18.2 Å². The lowest BCUT2D eigenvalue weighted by atomic mass is 10.1. The van der Waals surface area contributed by atoms with Gasteiger partial charge in [0.1, 0.15) is 12.4 Å². The Labute approximate surface area is 159 Å². The Morgan fingerprint density at radius 3 is 2.72 bits per heavy atom. The van der Waals surface area contributed by atoms with Crippen LogP contribution in [0.5, 0.6) is 0 Å². The van der Waals surface area contributed by atoms with Gasteiger partial charge in [-0.15, -0.1) is 0 Å². The maximum Gasteiger partial charge on any atom is 0.338 e. The topological polar surface area (TPSA) is 40.5 Å². The lowest BCUT2D eigenvalue weighted by molar-refractivity contribution is 0.0473. The fraction of sp³-hybridized carbons (Fsp3) is 0.167. The van der Waals surface area contributed by atoms with E-state index in [0.717, 1.165) is 23.0 Å². The summed E-state index contributed by atoms with van der Waals surface area (Å²) in [6.07, 6.45) is 1.98. The highest BCUT2D eigenvalue weighted by Crippen LogP contribution is 2.23. The molecule has 0 aliphatic heterocycles. The van der Waals surface area contributed by atoms with Crippen molar-refractivity contribution in [1.82, 2.24) is 4.57 Å². The summed E-state index contributed by atoms with van der Waals surface area (Å²) in [4.78, 5) is 12.3. The first-order valence-electron chi connectivity index (χ1n) is 7.65. The molecule has 0 radical (unpaired) electrons. The summed E-state index contributed by atoms with van der Waals surface area (Å²) in [6, 6.07) is 13.4. The third-order valence-electron chi connectivity index (χ3n) is 3.78. The quantitative estimate of drug-likeness (QED) is 0.209. The van der Waals surface area contributed by atoms with Crippen LogP contribution in [0.4, 0.5) is 4.39 Å². The van der Waals surface area contributed by atoms with E-state index in [-0.39, 0.29) is 12.4 Å². The van der Waals surface area contributed by atoms with Gasteiger partial charge in [-0.05, 0) is 63.3 Å². The maximum absolute atomic E-state index is 12.9. The van der Waals surface area contributed by atoms with Crippen molar-refractivity contribution in [2.75, 3.05) is 6.61 Å². The molecule has 0 saturated heterocycles. The van der Waals surface area contributed by atoms with Gasteiger partial charge in [0.2, 0.25) is 0 Å². The zero-order valence-corrected chi connectivity index (χ0v) is 16.4. The van der Waals surface area contributed by atoms with Crippen LogP contribution in [0, 0.1) is 5.82 Å². The number of carbonyl (C=O) groups is 1. The molecule has 0 amide bonds. The third kappa shape index (κ3) is 4.77. The Morgan fingerprint density at radius 2 is 1.96 bits per heavy atom. The van der Waals surface area contributed by atoms with Gasteiger partial charge in [0, 0.05) is 18.3 Å². The fourth-order valence-corrected chi connectivity index (χ4v) is 3.33. The predicted octanol–water partition coefficient (Wildman–Crippen LogP) is 5.10. The summed E-state index contributed by atoms with van der Waals surface area (Å²) in [6.45, 7) is 1.91. The van der Waals surface area contributed by atoms with Crippen LogP contribution in [0.15, 0.2) is 54.7 Å². The lowest BCUT2D eigenvalue weighted by Gasteiger charge is -2.08. The molecule has 0 aliphatic rings. The van der Waals surface area contributed by atoms with Gasteiger partial charge < -0.3 is 13.8 Å². The van der Waals surface area contributed by atoms with Gasteiger partial charge >= 0.3 is 5.97 Å². The zero-order chi connectivity index (χ0) is 17.6. The summed E-state index contributed by atoms with van der Waals surface area (Å²) < 4.78 is 25.7. The monoisotopic (exact) mass is 471 g/mol. The molecular formula is C18H16FINO3P. The molecule has 1 atom stereocenters. The average Bonchev–Trinajstić information content (AvgIpc) is 3.03. The smallest absolute Gasteiger partial charge is 0.338 e. The Morgan fingerprint density at radius 1 is 1.16 bits per heavy atom. The minimum Gasteiger partial charge on any atom is -0.457 e. The van der Waals surface area contributed by atoms with Crippen LogP contribution < -0.4 is 0 Å². The van der Waals surface area contributed by atoms with Gasteiger partial charge in [-0.3, -0.25) is 0 Å². The highest BCUT2D eigenvalue weighted by atomic mass is 127. The van der Waals surface area contributed by atoms with E-state index in [1.807, 2.05) is 24.4 Å². The Kier molecular flexibility index (Phi) is 6.39. The molecule has 0 aliphatic carbocycles. The number of carbonyl (C=O) groups excluding carboxylic acids is 1. The van der Waals surface area contributed by atoms with E-state index in [0.29, 0.717) is 18.6 Å². The summed E-state index contributed by atoms with van der Waals surface area (Å²) in [5, 5.41) is 1.06. The fourth-order valence-electron chi connectivity index (χ4n) is 2.50. The molecule has 4 nitrogen and oxygen atoms in total. The highest BCUT2D eigenvalue weighted by molar-refractivity contribution is 14.2. The first-order chi connectivity index (χ1) is 12.2. The summed E-state index contributed by atoms with van der Waals surface area (Å²) in [7, 11) is 0. The molecule has 1 aromatic heterocycles. The van der Waals surface area contributed by atoms with E-state index in [2.05, 4.69) is 26.6 Å². The number of nitrogens with zero attached hydrogens (tertiary/aromatic N) is 1. The largest absolute Gasteiger partial charge is 0.457 e. The molecular weight excluding hydrogens is 455 g/mol. The number of rotatable bonds is 7. The minimum absolute atomic E-state index is 0.114. The van der Waals surface area contributed by atoms with Gasteiger partial charge in [0.25, 0.3) is 0 Å². The number of halogens is 2. The molecule has 3 aromatic rings. The minimum atomic E-state index is -0.399. The number of ether oxygens (including phenoxy) is 1. The molecule has 1 unspecified atom stereocenters. The van der Waals surface area contributed by atoms with E-state index in [1.165, 1.54) is 12.1 Å². The number of aromatic nitrogens is 1. The molecule has 0 bridgehead atoms. The van der Waals surface area contributed by atoms with Crippen molar-refractivity contribution in [1.29, 1.82) is 0 Å². The maximum atomic E-state index is 12.9. The van der Waals surface area contributed by atoms with Crippen LogP contribution in [0.1, 0.15) is 15.9 Å². The first kappa shape index (κ1) is 18.3. The molecule has 0 N–H and O–H groups in total. The van der Waals surface area contributed by atoms with Gasteiger partial charge in [0.05, 0.1) is 18.6 Å². The summed E-state index contributed by atoms with van der Waals surface area (Å²) in [5.41, 5.74) is 2.21. The first-order valence-corrected chi connectivity index (χ1v) is 11.7. The SMILES string of the molecule is O=C(OCc1ccc(F)cc1)c1ccc2ccn(CCOPI)c2c1. The van der Waals surface area contributed by atoms with E-state index in [9.17, 15) is 9.18 Å². The standard InChI is InChI=1S/C18H16FINO3P/c19-16-5-1-13(2-6-16)12-23-18(22)15-4-3-14-7-8-21(17(14)11-15)9-10-24-25-20/h1-8,11,25H,9-10,12H2. The van der Waals surface area contributed by atoms with Crippen molar-refractivity contribution >= 4 is 45.4 Å². The summed E-state index contributed by atoms with van der Waals surface area (Å²) in [5.74, 6) is -0.711. The molecule has 0 saturated carbocycles. The molecule has 2 aromatic carbocycles. The van der Waals surface area contributed by atoms with Gasteiger partial charge in [-0.2, -0.15) is 0 Å². The molecule has 0 fully saturated rings. The molecule has 7 heteroatoms. The van der Waals surface area contributed by atoms with E-state index >= 15 is 0 Å². The molecule has 1 heterocycles. The van der Waals surface area contributed by atoms with Gasteiger partial charge in [0.15, 0.2) is 0 Å². The van der Waals surface area contributed by atoms with Crippen LogP contribution in [-0.2, 0) is 22.4 Å². The number of hydrogen-bond acceptors (Lipinski definition) is 3. The van der Waals surface area contributed by atoms with Crippen molar-refractivity contribution in [2.24, 2.45) is 0 Å². The number of hydrogen-bond donors (Lipinski definition) is 0. The van der Waals surface area contributed by atoms with Gasteiger partial charge in [-0.25, -0.2) is 9.18 Å². The molecule has 130 valence electrons. The Hall–Kier alpha value is -1.50. The molecule has 3 rings (SSSR count). The normalized spacial score (nSPS) is 11.4. The van der Waals surface area contributed by atoms with E-state index in [4.69, 9.17) is 9.26 Å². The molecule has 25 heavy (non-hydrogen) atoms. The second kappa shape index (κ2) is 8.74. The van der Waals surface area contributed by atoms with Crippen molar-refractivity contribution < 1.29 is 18.4 Å². The van der Waals surface area contributed by atoms with Crippen LogP contribution in [0.25, 0.3) is 10.9 Å². The van der Waals surface area contributed by atoms with Crippen molar-refractivity contribution in [3.63, 3.8) is 0 Å². The van der Waals surface area contributed by atoms with Crippen molar-refractivity contribution in [3.8, 4) is 0 Å². The lowest BCUT2D eigenvalue weighted by Crippen LogP contribution is -2.06. The van der Waals surface area contributed by atoms with E-state index in [1.54, 1.807) is 18.2 Å². The van der Waals surface area contributed by atoms with Crippen LogP contribution in [0.2, 0.25) is 0 Å². The molecule has 0 spiro atoms. The Balaban J connectivity index is 1.70. The van der Waals surface area contributed by atoms with Crippen LogP contribution >= 0.6 is 28.5 Å². The third-order valence-corrected chi connectivity index (χ3v) is 5.03. The van der Waals surface area contributed by atoms with Crippen molar-refractivity contribution in [3.05, 3.63) is 71.7 Å².